The number of Topliss-reactive ketones (excluding diaryl/α,β-unsaturated/α-hetero) is 2. The molecule has 4 nitrogen and oxygen atoms in total. The van der Waals surface area contributed by atoms with Gasteiger partial charge in [0.15, 0.2) is 11.6 Å². The van der Waals surface area contributed by atoms with Crippen molar-refractivity contribution in [3.63, 3.8) is 0 Å². The highest BCUT2D eigenvalue weighted by Crippen LogP contribution is 2.80. The summed E-state index contributed by atoms with van der Waals surface area (Å²) in [7, 11) is 0. The summed E-state index contributed by atoms with van der Waals surface area (Å²) in [5, 5.41) is 6.93. The third kappa shape index (κ3) is 3.62. The lowest BCUT2D eigenvalue weighted by atomic mass is 9.25. The number of fused-ring (bicyclic) bond motifs is 21. The third-order valence-corrected chi connectivity index (χ3v) is 21.6. The lowest BCUT2D eigenvalue weighted by molar-refractivity contribution is 0.0523. The van der Waals surface area contributed by atoms with Gasteiger partial charge < -0.3 is 8.97 Å². The Morgan fingerprint density at radius 2 is 0.724 bits per heavy atom. The van der Waals surface area contributed by atoms with Crippen LogP contribution in [0.3, 0.4) is 0 Å². The summed E-state index contributed by atoms with van der Waals surface area (Å²) in [6.45, 7) is 9.27. The number of benzene rings is 10. The minimum absolute atomic E-state index is 0.179. The van der Waals surface area contributed by atoms with E-state index in [1.54, 1.807) is 0 Å². The van der Waals surface area contributed by atoms with Crippen LogP contribution in [0.15, 0.2) is 206 Å². The highest BCUT2D eigenvalue weighted by Gasteiger charge is 2.81. The van der Waals surface area contributed by atoms with Gasteiger partial charge in [-0.1, -0.05) is 166 Å². The monoisotopic (exact) mass is 970 g/mol. The maximum atomic E-state index is 16.0. The number of carbonyl (C=O) groups excluding carboxylic acids is 2. The van der Waals surface area contributed by atoms with Crippen molar-refractivity contribution < 1.29 is 9.59 Å². The summed E-state index contributed by atoms with van der Waals surface area (Å²) in [6, 6.07) is 75.7. The van der Waals surface area contributed by atoms with Crippen LogP contribution >= 0.6 is 0 Å². The fourth-order valence-electron chi connectivity index (χ4n) is 18.9. The van der Waals surface area contributed by atoms with Crippen molar-refractivity contribution in [3.05, 3.63) is 273 Å². The Morgan fingerprint density at radius 3 is 1.22 bits per heavy atom. The van der Waals surface area contributed by atoms with Crippen molar-refractivity contribution in [3.8, 4) is 16.8 Å². The van der Waals surface area contributed by atoms with E-state index in [1.807, 2.05) is 0 Å². The van der Waals surface area contributed by atoms with Gasteiger partial charge in [0.05, 0.1) is 49.2 Å². The Kier molecular flexibility index (Phi) is 6.55. The minimum atomic E-state index is -0.752. The van der Waals surface area contributed by atoms with Crippen molar-refractivity contribution in [1.82, 2.24) is 8.97 Å². The lowest BCUT2D eigenvalue weighted by Gasteiger charge is -2.74. The van der Waals surface area contributed by atoms with Crippen LogP contribution in [0.1, 0.15) is 104 Å². The maximum Gasteiger partial charge on any atom is 0.174 e. The molecule has 3 heterocycles. The average Bonchev–Trinajstić information content (AvgIpc) is 1.08. The molecule has 356 valence electrons. The number of rotatable bonds is 2. The Bertz CT molecular complexity index is 4780. The zero-order chi connectivity index (χ0) is 50.4. The van der Waals surface area contributed by atoms with Crippen LogP contribution < -0.4 is 0 Å². The quantitative estimate of drug-likeness (QED) is 0.173. The first-order valence-corrected chi connectivity index (χ1v) is 27.0. The molecule has 4 heteroatoms. The second kappa shape index (κ2) is 12.3. The van der Waals surface area contributed by atoms with Gasteiger partial charge in [-0.05, 0) is 130 Å². The van der Waals surface area contributed by atoms with Crippen molar-refractivity contribution in [2.45, 2.75) is 60.2 Å². The van der Waals surface area contributed by atoms with Gasteiger partial charge in [-0.15, -0.1) is 0 Å². The summed E-state index contributed by atoms with van der Waals surface area (Å²) in [6.07, 6.45) is 0. The standard InChI is InChI=1S/C72H46N2O2/c1-67-50-24-9-13-28-54(50)71(67)56-30-15-11-26-52(56)69(71,3)65(75)48-37-61-44(35-58(48)67)46-33-39(41-22-18-23-43-42-21-8-17-32-60(42)73(63(41)43)40-19-6-5-7-20-40)34-47-45-36-59-49(38-62(45)74(61)64(46)47)66(76)70(4)53-27-12-16-31-57(53)72(70)55-29-14-10-25-51(55)68(59,72)2/h5-38H,1-4H3. The van der Waals surface area contributed by atoms with E-state index in [0.717, 1.165) is 99.3 Å². The van der Waals surface area contributed by atoms with Gasteiger partial charge >= 0.3 is 0 Å². The number of ketones is 2. The molecular formula is C72H46N2O2. The van der Waals surface area contributed by atoms with E-state index < -0.39 is 32.5 Å². The molecule has 0 bridgehead atoms. The van der Waals surface area contributed by atoms with Crippen LogP contribution in [0.2, 0.25) is 0 Å². The van der Waals surface area contributed by atoms with Gasteiger partial charge in [0, 0.05) is 65.5 Å². The molecule has 6 aliphatic rings. The predicted octanol–water partition coefficient (Wildman–Crippen LogP) is 15.7. The normalized spacial score (nSPS) is 26.5. The largest absolute Gasteiger partial charge is 0.309 e. The number of hydrogen-bond acceptors (Lipinski definition) is 2. The number of para-hydroxylation sites is 3. The fraction of sp³-hybridized carbons (Fsp3) is 0.139. The molecule has 3 aromatic heterocycles. The number of carbonyl (C=O) groups is 2. The molecule has 2 spiro atoms. The molecule has 0 fully saturated rings. The van der Waals surface area contributed by atoms with E-state index in [1.165, 1.54) is 44.2 Å². The van der Waals surface area contributed by atoms with E-state index in [2.05, 4.69) is 243 Å². The molecule has 0 radical (unpaired) electrons. The predicted molar refractivity (Wildman–Crippen MR) is 304 cm³/mol. The van der Waals surface area contributed by atoms with Gasteiger partial charge in [-0.3, -0.25) is 9.59 Å². The lowest BCUT2D eigenvalue weighted by Crippen LogP contribution is -2.77. The Balaban J connectivity index is 0.968. The molecule has 10 aromatic carbocycles. The summed E-state index contributed by atoms with van der Waals surface area (Å²) < 4.78 is 4.86. The molecule has 6 atom stereocenters. The van der Waals surface area contributed by atoms with Gasteiger partial charge in [0.1, 0.15) is 0 Å². The Hall–Kier alpha value is -8.86. The first-order valence-electron chi connectivity index (χ1n) is 27.0. The molecule has 0 saturated carbocycles. The van der Waals surface area contributed by atoms with Crippen LogP contribution in [0.4, 0.5) is 0 Å². The molecule has 0 amide bonds. The summed E-state index contributed by atoms with van der Waals surface area (Å²) in [5.41, 5.74) is 19.1. The van der Waals surface area contributed by atoms with Crippen molar-refractivity contribution in [2.75, 3.05) is 0 Å². The Labute approximate surface area is 437 Å². The zero-order valence-corrected chi connectivity index (χ0v) is 42.3. The first kappa shape index (κ1) is 40.5. The van der Waals surface area contributed by atoms with Crippen LogP contribution in [0.5, 0.6) is 0 Å². The first-order chi connectivity index (χ1) is 37.1. The fourth-order valence-corrected chi connectivity index (χ4v) is 18.9. The van der Waals surface area contributed by atoms with Crippen LogP contribution in [0, 0.1) is 0 Å². The Morgan fingerprint density at radius 1 is 0.303 bits per heavy atom. The zero-order valence-electron chi connectivity index (χ0n) is 42.3. The van der Waals surface area contributed by atoms with E-state index in [4.69, 9.17) is 0 Å². The van der Waals surface area contributed by atoms with Crippen LogP contribution in [0.25, 0.3) is 76.7 Å². The smallest absolute Gasteiger partial charge is 0.174 e. The topological polar surface area (TPSA) is 43.5 Å². The molecule has 6 aliphatic carbocycles. The summed E-state index contributed by atoms with van der Waals surface area (Å²) in [5.74, 6) is 0.357. The molecule has 0 saturated heterocycles. The van der Waals surface area contributed by atoms with Crippen molar-refractivity contribution in [2.24, 2.45) is 0 Å². The number of nitrogens with zero attached hydrogens (tertiary/aromatic N) is 2. The van der Waals surface area contributed by atoms with E-state index in [-0.39, 0.29) is 11.6 Å². The molecule has 13 aromatic rings. The third-order valence-electron chi connectivity index (χ3n) is 21.6. The van der Waals surface area contributed by atoms with Gasteiger partial charge in [-0.25, -0.2) is 0 Å². The molecule has 76 heavy (non-hydrogen) atoms. The molecular weight excluding hydrogens is 925 g/mol. The van der Waals surface area contributed by atoms with Crippen molar-refractivity contribution in [1.29, 1.82) is 0 Å². The highest BCUT2D eigenvalue weighted by molar-refractivity contribution is 6.28. The van der Waals surface area contributed by atoms with E-state index in [0.29, 0.717) is 0 Å². The van der Waals surface area contributed by atoms with E-state index >= 15 is 9.59 Å². The van der Waals surface area contributed by atoms with E-state index in [9.17, 15) is 0 Å². The van der Waals surface area contributed by atoms with Gasteiger partial charge in [0.2, 0.25) is 0 Å². The SMILES string of the molecule is CC12C(=O)c3cc4c(cc3C3(C)c5ccccc5C13c1ccccc12)c1cc(-c2cccc3c5ccccc5n(-c5ccccc5)c23)cc2c3cc5c(cc3n4c12)C(=O)C1(C)c2ccccc2C12c1ccccc1C52C. The second-order valence-electron chi connectivity index (χ2n) is 23.8. The minimum Gasteiger partial charge on any atom is -0.309 e. The van der Waals surface area contributed by atoms with Crippen LogP contribution in [-0.2, 0) is 32.5 Å². The highest BCUT2D eigenvalue weighted by atomic mass is 16.1. The number of aromatic nitrogens is 2. The van der Waals surface area contributed by atoms with Gasteiger partial charge in [-0.2, -0.15) is 0 Å². The maximum absolute atomic E-state index is 16.0. The van der Waals surface area contributed by atoms with Crippen LogP contribution in [-0.4, -0.2) is 20.5 Å². The summed E-state index contributed by atoms with van der Waals surface area (Å²) in [4.78, 5) is 32.0. The summed E-state index contributed by atoms with van der Waals surface area (Å²) >= 11 is 0. The second-order valence-corrected chi connectivity index (χ2v) is 23.8. The molecule has 0 aliphatic heterocycles. The number of hydrogen-bond donors (Lipinski definition) is 0. The molecule has 0 N–H and O–H groups in total. The van der Waals surface area contributed by atoms with Gasteiger partial charge in [0.25, 0.3) is 0 Å². The average molecular weight is 971 g/mol. The van der Waals surface area contributed by atoms with Crippen molar-refractivity contribution >= 4 is 71.5 Å². The molecule has 6 unspecified atom stereocenters. The molecule has 19 rings (SSSR count).